The number of phenolic OH excluding ortho intramolecular Hbond substituents is 1. The second-order valence-electron chi connectivity index (χ2n) is 3.47. The maximum absolute atomic E-state index is 11.6. The Bertz CT molecular complexity index is 567. The van der Waals surface area contributed by atoms with Gasteiger partial charge < -0.3 is 5.11 Å². The fourth-order valence-electron chi connectivity index (χ4n) is 1.31. The Morgan fingerprint density at radius 3 is 2.72 bits per heavy atom. The highest BCUT2D eigenvalue weighted by molar-refractivity contribution is 5.93. The summed E-state index contributed by atoms with van der Waals surface area (Å²) in [5.74, 6) is -0.296. The van der Waals surface area contributed by atoms with E-state index in [1.165, 1.54) is 12.4 Å². The van der Waals surface area contributed by atoms with Gasteiger partial charge in [0.15, 0.2) is 0 Å². The van der Waals surface area contributed by atoms with Gasteiger partial charge in [-0.15, -0.1) is 0 Å². The summed E-state index contributed by atoms with van der Waals surface area (Å²) in [5, 5.41) is 13.2. The predicted octanol–water partition coefficient (Wildman–Crippen LogP) is 1.55. The molecule has 1 amide bonds. The third kappa shape index (κ3) is 2.91. The molecule has 0 aliphatic heterocycles. The summed E-state index contributed by atoms with van der Waals surface area (Å²) in [5.41, 5.74) is 3.14. The van der Waals surface area contributed by atoms with Crippen LogP contribution in [-0.4, -0.2) is 22.2 Å². The van der Waals surface area contributed by atoms with Gasteiger partial charge in [0, 0.05) is 11.8 Å². The zero-order valence-corrected chi connectivity index (χ0v) is 9.45. The van der Waals surface area contributed by atoms with Crippen LogP contribution < -0.4 is 5.43 Å². The highest BCUT2D eigenvalue weighted by atomic mass is 16.3. The highest BCUT2D eigenvalue weighted by Crippen LogP contribution is 2.12. The number of benzene rings is 1. The maximum Gasteiger partial charge on any atom is 0.289 e. The summed E-state index contributed by atoms with van der Waals surface area (Å²) < 4.78 is 0. The van der Waals surface area contributed by atoms with Gasteiger partial charge in [-0.1, -0.05) is 18.2 Å². The SMILES string of the molecule is O=C(N/N=C\c1ccccc1O)c1ccccn1. The van der Waals surface area contributed by atoms with Crippen LogP contribution in [0.25, 0.3) is 0 Å². The van der Waals surface area contributed by atoms with E-state index in [0.29, 0.717) is 5.56 Å². The molecule has 1 heterocycles. The molecule has 0 aliphatic rings. The predicted molar refractivity (Wildman–Crippen MR) is 67.4 cm³/mol. The molecular weight excluding hydrogens is 230 g/mol. The average Bonchev–Trinajstić information content (AvgIpc) is 2.42. The van der Waals surface area contributed by atoms with E-state index < -0.39 is 5.91 Å². The minimum absolute atomic E-state index is 0.105. The number of rotatable bonds is 3. The zero-order chi connectivity index (χ0) is 12.8. The Hall–Kier alpha value is -2.69. The van der Waals surface area contributed by atoms with E-state index in [0.717, 1.165) is 0 Å². The van der Waals surface area contributed by atoms with Crippen molar-refractivity contribution in [2.24, 2.45) is 5.10 Å². The van der Waals surface area contributed by atoms with Gasteiger partial charge in [0.05, 0.1) is 6.21 Å². The van der Waals surface area contributed by atoms with Crippen LogP contribution in [0.3, 0.4) is 0 Å². The minimum atomic E-state index is -0.401. The van der Waals surface area contributed by atoms with Gasteiger partial charge in [-0.25, -0.2) is 5.43 Å². The van der Waals surface area contributed by atoms with Crippen LogP contribution in [0.2, 0.25) is 0 Å². The van der Waals surface area contributed by atoms with Gasteiger partial charge in [0.2, 0.25) is 0 Å². The van der Waals surface area contributed by atoms with Gasteiger partial charge in [-0.2, -0.15) is 5.10 Å². The molecule has 1 aromatic heterocycles. The standard InChI is InChI=1S/C13H11N3O2/c17-12-7-2-1-5-10(12)9-15-16-13(18)11-6-3-4-8-14-11/h1-9,17H,(H,16,18)/b15-9-. The number of nitrogens with one attached hydrogen (secondary N) is 1. The fourth-order valence-corrected chi connectivity index (χ4v) is 1.31. The van der Waals surface area contributed by atoms with Crippen molar-refractivity contribution in [1.29, 1.82) is 0 Å². The number of hydrogen-bond acceptors (Lipinski definition) is 4. The van der Waals surface area contributed by atoms with Gasteiger partial charge in [0.1, 0.15) is 11.4 Å². The van der Waals surface area contributed by atoms with Crippen molar-refractivity contribution in [1.82, 2.24) is 10.4 Å². The first-order valence-corrected chi connectivity index (χ1v) is 5.30. The maximum atomic E-state index is 11.6. The van der Waals surface area contributed by atoms with Gasteiger partial charge >= 0.3 is 0 Å². The summed E-state index contributed by atoms with van der Waals surface area (Å²) in [6.45, 7) is 0. The number of nitrogens with zero attached hydrogens (tertiary/aromatic N) is 2. The molecule has 0 atom stereocenters. The first-order valence-electron chi connectivity index (χ1n) is 5.30. The van der Waals surface area contributed by atoms with Crippen molar-refractivity contribution in [2.45, 2.75) is 0 Å². The summed E-state index contributed by atoms with van der Waals surface area (Å²) in [6.07, 6.45) is 2.90. The van der Waals surface area contributed by atoms with E-state index in [1.54, 1.807) is 42.5 Å². The van der Waals surface area contributed by atoms with E-state index in [-0.39, 0.29) is 11.4 Å². The monoisotopic (exact) mass is 241 g/mol. The molecule has 2 aromatic rings. The Morgan fingerprint density at radius 2 is 2.00 bits per heavy atom. The lowest BCUT2D eigenvalue weighted by atomic mass is 10.2. The minimum Gasteiger partial charge on any atom is -0.507 e. The number of aromatic nitrogens is 1. The third-order valence-corrected chi connectivity index (χ3v) is 2.20. The molecule has 5 nitrogen and oxygen atoms in total. The Labute approximate surface area is 104 Å². The second kappa shape index (κ2) is 5.58. The summed E-state index contributed by atoms with van der Waals surface area (Å²) >= 11 is 0. The Morgan fingerprint density at radius 1 is 1.22 bits per heavy atom. The van der Waals surface area contributed by atoms with Crippen LogP contribution >= 0.6 is 0 Å². The quantitative estimate of drug-likeness (QED) is 0.632. The van der Waals surface area contributed by atoms with Crippen molar-refractivity contribution < 1.29 is 9.90 Å². The zero-order valence-electron chi connectivity index (χ0n) is 9.45. The van der Waals surface area contributed by atoms with E-state index in [2.05, 4.69) is 15.5 Å². The van der Waals surface area contributed by atoms with E-state index in [1.807, 2.05) is 0 Å². The van der Waals surface area contributed by atoms with Crippen LogP contribution in [-0.2, 0) is 0 Å². The van der Waals surface area contributed by atoms with Crippen molar-refractivity contribution >= 4 is 12.1 Å². The summed E-state index contributed by atoms with van der Waals surface area (Å²) in [6, 6.07) is 11.7. The van der Waals surface area contributed by atoms with Crippen LogP contribution in [0.1, 0.15) is 16.1 Å². The molecule has 0 fully saturated rings. The van der Waals surface area contributed by atoms with Gasteiger partial charge in [-0.05, 0) is 24.3 Å². The van der Waals surface area contributed by atoms with Gasteiger partial charge in [-0.3, -0.25) is 9.78 Å². The number of amides is 1. The number of hydrogen-bond donors (Lipinski definition) is 2. The van der Waals surface area contributed by atoms with Crippen molar-refractivity contribution in [3.63, 3.8) is 0 Å². The molecule has 90 valence electrons. The molecular formula is C13H11N3O2. The molecule has 0 saturated carbocycles. The molecule has 2 N–H and O–H groups in total. The van der Waals surface area contributed by atoms with Gasteiger partial charge in [0.25, 0.3) is 5.91 Å². The molecule has 0 unspecified atom stereocenters. The number of phenols is 1. The Balaban J connectivity index is 2.00. The summed E-state index contributed by atoms with van der Waals surface area (Å²) in [4.78, 5) is 15.5. The molecule has 0 aliphatic carbocycles. The molecule has 18 heavy (non-hydrogen) atoms. The normalized spacial score (nSPS) is 10.4. The number of hydrazone groups is 1. The van der Waals surface area contributed by atoms with Crippen LogP contribution in [0.4, 0.5) is 0 Å². The first-order chi connectivity index (χ1) is 8.77. The molecule has 2 rings (SSSR count). The lowest BCUT2D eigenvalue weighted by Crippen LogP contribution is -2.18. The highest BCUT2D eigenvalue weighted by Gasteiger charge is 2.03. The first kappa shape index (κ1) is 11.8. The summed E-state index contributed by atoms with van der Waals surface area (Å²) in [7, 11) is 0. The van der Waals surface area contributed by atoms with E-state index in [9.17, 15) is 9.90 Å². The molecule has 0 bridgehead atoms. The third-order valence-electron chi connectivity index (χ3n) is 2.20. The lowest BCUT2D eigenvalue weighted by molar-refractivity contribution is 0.0950. The smallest absolute Gasteiger partial charge is 0.289 e. The van der Waals surface area contributed by atoms with Crippen molar-refractivity contribution in [3.05, 3.63) is 59.9 Å². The molecule has 0 saturated heterocycles. The number of para-hydroxylation sites is 1. The second-order valence-corrected chi connectivity index (χ2v) is 3.47. The van der Waals surface area contributed by atoms with Crippen molar-refractivity contribution in [3.8, 4) is 5.75 Å². The van der Waals surface area contributed by atoms with Crippen molar-refractivity contribution in [2.75, 3.05) is 0 Å². The van der Waals surface area contributed by atoms with E-state index >= 15 is 0 Å². The largest absolute Gasteiger partial charge is 0.507 e. The van der Waals surface area contributed by atoms with Crippen LogP contribution in [0.5, 0.6) is 5.75 Å². The van der Waals surface area contributed by atoms with E-state index in [4.69, 9.17) is 0 Å². The number of carbonyl (C=O) groups excluding carboxylic acids is 1. The lowest BCUT2D eigenvalue weighted by Gasteiger charge is -1.99. The number of aromatic hydroxyl groups is 1. The number of pyridine rings is 1. The molecule has 0 radical (unpaired) electrons. The molecule has 0 spiro atoms. The number of carbonyl (C=O) groups is 1. The molecule has 5 heteroatoms. The van der Waals surface area contributed by atoms with Crippen LogP contribution in [0.15, 0.2) is 53.8 Å². The Kier molecular flexibility index (Phi) is 3.66. The fraction of sp³-hybridized carbons (Fsp3) is 0. The topological polar surface area (TPSA) is 74.6 Å². The van der Waals surface area contributed by atoms with Crippen LogP contribution in [0, 0.1) is 0 Å². The molecule has 1 aromatic carbocycles. The average molecular weight is 241 g/mol.